The molecule has 0 aromatic rings. The van der Waals surface area contributed by atoms with Crippen LogP contribution in [0.4, 0.5) is 0 Å². The maximum absolute atomic E-state index is 0. The molecule has 4 N–H and O–H groups in total. The van der Waals surface area contributed by atoms with E-state index in [-0.39, 0.29) is 72.2 Å². The Labute approximate surface area is 71.7 Å². The van der Waals surface area contributed by atoms with Crippen molar-refractivity contribution >= 4 is 0 Å². The molecule has 0 heterocycles. The Morgan fingerprint density at radius 3 is 0.600 bits per heavy atom. The normalized spacial score (nSPS) is 0. The van der Waals surface area contributed by atoms with Crippen molar-refractivity contribution in [3.8, 4) is 0 Å². The van der Waals surface area contributed by atoms with Crippen LogP contribution >= 0.6 is 0 Å². The third-order valence-electron chi connectivity index (χ3n) is 0. The Morgan fingerprint density at radius 2 is 0.600 bits per heavy atom. The molecule has 0 fully saturated rings. The van der Waals surface area contributed by atoms with Crippen molar-refractivity contribution in [2.75, 3.05) is 0 Å². The molecule has 0 bridgehead atoms. The molecule has 0 aromatic heterocycles. The van der Waals surface area contributed by atoms with E-state index >= 15 is 0 Å². The van der Waals surface area contributed by atoms with Crippen LogP contribution in [-0.4, -0.2) is 11.0 Å². The van der Waals surface area contributed by atoms with Crippen LogP contribution in [0.3, 0.4) is 0 Å². The number of hydrogen-bond donors (Lipinski definition) is 0. The summed E-state index contributed by atoms with van der Waals surface area (Å²) in [7, 11) is 0. The monoisotopic (exact) mass is 617 g/mol. The van der Waals surface area contributed by atoms with Gasteiger partial charge in [0.1, 0.15) is 0 Å². The van der Waals surface area contributed by atoms with E-state index in [9.17, 15) is 0 Å². The van der Waals surface area contributed by atoms with Crippen molar-refractivity contribution in [3.63, 3.8) is 0 Å². The largest absolute Gasteiger partial charge is 0.412 e. The van der Waals surface area contributed by atoms with E-state index in [0.717, 1.165) is 0 Å². The quantitative estimate of drug-likeness (QED) is 0.314. The molecule has 0 spiro atoms. The fourth-order valence-corrected chi connectivity index (χ4v) is 0. The fraction of sp³-hybridized carbons (Fsp3) is 0. The van der Waals surface area contributed by atoms with Gasteiger partial charge < -0.3 is 11.0 Å². The third-order valence-corrected chi connectivity index (χ3v) is 0. The van der Waals surface area contributed by atoms with Gasteiger partial charge in [-0.25, -0.2) is 0 Å². The Kier molecular flexibility index (Phi) is 518. The zero-order valence-corrected chi connectivity index (χ0v) is 9.05. The van der Waals surface area contributed by atoms with Crippen LogP contribution in [0.5, 0.6) is 0 Å². The summed E-state index contributed by atoms with van der Waals surface area (Å²) in [4.78, 5) is 0. The third kappa shape index (κ3) is 24.8. The molecule has 0 aliphatic carbocycles. The first kappa shape index (κ1) is 66.3. The predicted octanol–water partition coefficient (Wildman–Crippen LogP) is -1.66. The second kappa shape index (κ2) is 39.1. The molecule has 0 aliphatic rings. The van der Waals surface area contributed by atoms with Crippen LogP contribution < -0.4 is 0 Å². The molecule has 2 radical (unpaired) electrons. The van der Waals surface area contributed by atoms with Crippen molar-refractivity contribution in [1.29, 1.82) is 0 Å². The van der Waals surface area contributed by atoms with Crippen LogP contribution in [0.25, 0.3) is 0 Å². The van der Waals surface area contributed by atoms with Gasteiger partial charge in [-0.15, -0.1) is 0 Å². The molecule has 0 rings (SSSR count). The van der Waals surface area contributed by atoms with Crippen LogP contribution in [-0.2, 0) is 61.3 Å². The van der Waals surface area contributed by atoms with Gasteiger partial charge in [-0.1, -0.05) is 0 Å². The van der Waals surface area contributed by atoms with Gasteiger partial charge in [0.15, 0.2) is 0 Å². The first-order valence-corrected chi connectivity index (χ1v) is 0. The maximum atomic E-state index is 0. The molecule has 2 nitrogen and oxygen atoms in total. The summed E-state index contributed by atoms with van der Waals surface area (Å²) >= 11 is 0. The SMILES string of the molecule is O.O.[Ir].[Ir].[Pt]. The van der Waals surface area contributed by atoms with Gasteiger partial charge in [0.2, 0.25) is 0 Å². The van der Waals surface area contributed by atoms with Crippen molar-refractivity contribution < 1.29 is 72.2 Å². The summed E-state index contributed by atoms with van der Waals surface area (Å²) in [6, 6.07) is 0. The first-order chi connectivity index (χ1) is 0. The Hall–Kier alpha value is 1.91. The topological polar surface area (TPSA) is 63.0 Å². The van der Waals surface area contributed by atoms with E-state index in [1.807, 2.05) is 0 Å². The second-order valence-corrected chi connectivity index (χ2v) is 0. The minimum Gasteiger partial charge on any atom is -0.412 e. The Balaban J connectivity index is 0. The first-order valence-electron chi connectivity index (χ1n) is 0. The number of hydrogen-bond acceptors (Lipinski definition) is 0. The van der Waals surface area contributed by atoms with Crippen LogP contribution in [0, 0.1) is 0 Å². The van der Waals surface area contributed by atoms with Gasteiger partial charge in [0.05, 0.1) is 0 Å². The van der Waals surface area contributed by atoms with Crippen molar-refractivity contribution in [2.24, 2.45) is 0 Å². The van der Waals surface area contributed by atoms with Gasteiger partial charge in [-0.05, 0) is 0 Å². The summed E-state index contributed by atoms with van der Waals surface area (Å²) in [6.07, 6.45) is 0. The molecule has 0 unspecified atom stereocenters. The summed E-state index contributed by atoms with van der Waals surface area (Å²) in [5, 5.41) is 0. The van der Waals surface area contributed by atoms with Crippen LogP contribution in [0.1, 0.15) is 0 Å². The molecule has 0 saturated heterocycles. The minimum atomic E-state index is 0. The number of rotatable bonds is 0. The van der Waals surface area contributed by atoms with Crippen molar-refractivity contribution in [3.05, 3.63) is 0 Å². The zero-order chi connectivity index (χ0) is 0. The Morgan fingerprint density at radius 1 is 0.600 bits per heavy atom. The molecule has 0 saturated carbocycles. The van der Waals surface area contributed by atoms with Gasteiger partial charge in [-0.2, -0.15) is 0 Å². The minimum absolute atomic E-state index is 0. The zero-order valence-electron chi connectivity index (χ0n) is 1.98. The van der Waals surface area contributed by atoms with E-state index in [1.165, 1.54) is 0 Å². The van der Waals surface area contributed by atoms with E-state index in [0.29, 0.717) is 0 Å². The molecule has 5 heteroatoms. The molecule has 0 aromatic carbocycles. The molecule has 5 heavy (non-hydrogen) atoms. The molecule has 0 amide bonds. The van der Waals surface area contributed by atoms with E-state index in [2.05, 4.69) is 0 Å². The molecule has 0 atom stereocenters. The molecule has 0 aliphatic heterocycles. The molecular weight excluding hydrogens is 612 g/mol. The van der Waals surface area contributed by atoms with Gasteiger partial charge >= 0.3 is 0 Å². The predicted molar refractivity (Wildman–Crippen MR) is 7.23 cm³/mol. The van der Waals surface area contributed by atoms with Gasteiger partial charge in [-0.3, -0.25) is 0 Å². The van der Waals surface area contributed by atoms with E-state index < -0.39 is 0 Å². The molecular formula is H4Ir2O2Pt. The average molecular weight is 616 g/mol. The van der Waals surface area contributed by atoms with E-state index in [4.69, 9.17) is 0 Å². The van der Waals surface area contributed by atoms with Crippen molar-refractivity contribution in [1.82, 2.24) is 0 Å². The van der Waals surface area contributed by atoms with Gasteiger partial charge in [0.25, 0.3) is 0 Å². The van der Waals surface area contributed by atoms with Gasteiger partial charge in [0, 0.05) is 61.3 Å². The molecule has 44 valence electrons. The maximum Gasteiger partial charge on any atom is 0 e. The average Bonchev–Trinajstić information content (AvgIpc) is 0. The summed E-state index contributed by atoms with van der Waals surface area (Å²) < 4.78 is 0. The standard InChI is InChI=1S/2Ir.2H2O.Pt/h;;2*1H2;. The Bertz CT molecular complexity index is 7.61. The summed E-state index contributed by atoms with van der Waals surface area (Å²) in [5.74, 6) is 0. The van der Waals surface area contributed by atoms with Crippen LogP contribution in [0.2, 0.25) is 0 Å². The summed E-state index contributed by atoms with van der Waals surface area (Å²) in [5.41, 5.74) is 0. The van der Waals surface area contributed by atoms with Crippen LogP contribution in [0.15, 0.2) is 0 Å². The van der Waals surface area contributed by atoms with E-state index in [1.54, 1.807) is 0 Å². The summed E-state index contributed by atoms with van der Waals surface area (Å²) in [6.45, 7) is 0. The fourth-order valence-electron chi connectivity index (χ4n) is 0. The van der Waals surface area contributed by atoms with Crippen molar-refractivity contribution in [2.45, 2.75) is 0 Å². The smallest absolute Gasteiger partial charge is 0 e. The second-order valence-electron chi connectivity index (χ2n) is 0.